The van der Waals surface area contributed by atoms with Gasteiger partial charge in [0.1, 0.15) is 5.75 Å². The minimum absolute atomic E-state index is 0.0933. The minimum Gasteiger partial charge on any atom is -0.493 e. The topological polar surface area (TPSA) is 75.7 Å². The summed E-state index contributed by atoms with van der Waals surface area (Å²) in [6, 6.07) is 7.57. The van der Waals surface area contributed by atoms with E-state index in [9.17, 15) is 14.4 Å². The fraction of sp³-hybridized carbons (Fsp3) is 0.450. The molecule has 0 bridgehead atoms. The van der Waals surface area contributed by atoms with Gasteiger partial charge in [0.2, 0.25) is 17.7 Å². The van der Waals surface area contributed by atoms with Crippen LogP contribution in [-0.4, -0.2) is 35.8 Å². The zero-order valence-electron chi connectivity index (χ0n) is 14.5. The molecule has 1 aromatic carbocycles. The normalized spacial score (nSPS) is 26.9. The third-order valence-electron chi connectivity index (χ3n) is 5.46. The molecule has 0 unspecified atom stereocenters. The Bertz CT molecular complexity index is 747. The second-order valence-electron chi connectivity index (χ2n) is 7.03. The van der Waals surface area contributed by atoms with E-state index in [0.29, 0.717) is 25.9 Å². The quantitative estimate of drug-likeness (QED) is 0.663. The fourth-order valence-corrected chi connectivity index (χ4v) is 4.06. The smallest absolute Gasteiger partial charge is 0.233 e. The van der Waals surface area contributed by atoms with E-state index in [2.05, 4.69) is 5.32 Å². The molecule has 1 N–H and O–H groups in total. The summed E-state index contributed by atoms with van der Waals surface area (Å²) in [5, 5.41) is 3.01. The molecule has 6 nitrogen and oxygen atoms in total. The molecular weight excluding hydrogens is 332 g/mol. The van der Waals surface area contributed by atoms with Gasteiger partial charge in [0, 0.05) is 24.9 Å². The molecule has 2 heterocycles. The van der Waals surface area contributed by atoms with Crippen molar-refractivity contribution < 1.29 is 19.1 Å². The lowest BCUT2D eigenvalue weighted by molar-refractivity contribution is -0.140. The maximum Gasteiger partial charge on any atom is 0.233 e. The number of carbonyl (C=O) groups excluding carboxylic acids is 3. The number of hydrogen-bond acceptors (Lipinski definition) is 4. The van der Waals surface area contributed by atoms with Crippen molar-refractivity contribution in [2.24, 2.45) is 11.8 Å². The number of amides is 3. The standard InChI is InChI=1S/C20H22N2O4/c23-18(21-16-10-12-26-17-8-4-3-7-15(16)17)9-11-22-19(24)13-5-1-2-6-14(13)20(22)25/h1-4,7-8,13-14,16H,5-6,9-12H2,(H,21,23)/t13-,14+,16-/m0/s1. The zero-order chi connectivity index (χ0) is 18.1. The van der Waals surface area contributed by atoms with Gasteiger partial charge in [-0.1, -0.05) is 30.4 Å². The first-order chi connectivity index (χ1) is 12.6. The van der Waals surface area contributed by atoms with Crippen molar-refractivity contribution >= 4 is 17.7 Å². The van der Waals surface area contributed by atoms with Crippen LogP contribution in [0.3, 0.4) is 0 Å². The van der Waals surface area contributed by atoms with Gasteiger partial charge in [0.25, 0.3) is 0 Å². The molecule has 3 amide bonds. The third kappa shape index (κ3) is 3.00. The first-order valence-corrected chi connectivity index (χ1v) is 9.16. The molecule has 1 aliphatic carbocycles. The van der Waals surface area contributed by atoms with Crippen molar-refractivity contribution in [2.45, 2.75) is 31.7 Å². The largest absolute Gasteiger partial charge is 0.493 e. The van der Waals surface area contributed by atoms with E-state index < -0.39 is 0 Å². The number of para-hydroxylation sites is 1. The number of nitrogens with zero attached hydrogens (tertiary/aromatic N) is 1. The van der Waals surface area contributed by atoms with Gasteiger partial charge in [0.05, 0.1) is 24.5 Å². The number of likely N-dealkylation sites (tertiary alicyclic amines) is 1. The highest BCUT2D eigenvalue weighted by atomic mass is 16.5. The van der Waals surface area contributed by atoms with Gasteiger partial charge in [-0.05, 0) is 18.9 Å². The zero-order valence-corrected chi connectivity index (χ0v) is 14.5. The molecule has 3 atom stereocenters. The fourth-order valence-electron chi connectivity index (χ4n) is 4.06. The number of hydrogen-bond donors (Lipinski definition) is 1. The highest BCUT2D eigenvalue weighted by molar-refractivity contribution is 6.05. The second-order valence-corrected chi connectivity index (χ2v) is 7.03. The Balaban J connectivity index is 1.35. The Morgan fingerprint density at radius 1 is 1.12 bits per heavy atom. The van der Waals surface area contributed by atoms with Crippen LogP contribution in [0.4, 0.5) is 0 Å². The average molecular weight is 354 g/mol. The van der Waals surface area contributed by atoms with Crippen molar-refractivity contribution in [1.29, 1.82) is 0 Å². The van der Waals surface area contributed by atoms with Crippen molar-refractivity contribution in [3.63, 3.8) is 0 Å². The van der Waals surface area contributed by atoms with Crippen LogP contribution in [0.25, 0.3) is 0 Å². The number of allylic oxidation sites excluding steroid dienone is 2. The highest BCUT2D eigenvalue weighted by Crippen LogP contribution is 2.35. The monoisotopic (exact) mass is 354 g/mol. The van der Waals surface area contributed by atoms with E-state index in [1.165, 1.54) is 4.90 Å². The van der Waals surface area contributed by atoms with Gasteiger partial charge in [0.15, 0.2) is 0 Å². The summed E-state index contributed by atoms with van der Waals surface area (Å²) in [6.07, 6.45) is 6.01. The predicted octanol–water partition coefficient (Wildman–Crippen LogP) is 1.97. The van der Waals surface area contributed by atoms with E-state index in [4.69, 9.17) is 4.74 Å². The molecule has 6 heteroatoms. The van der Waals surface area contributed by atoms with Crippen LogP contribution >= 0.6 is 0 Å². The summed E-state index contributed by atoms with van der Waals surface area (Å²) < 4.78 is 5.60. The lowest BCUT2D eigenvalue weighted by Crippen LogP contribution is -2.37. The van der Waals surface area contributed by atoms with Crippen LogP contribution in [0.15, 0.2) is 36.4 Å². The number of fused-ring (bicyclic) bond motifs is 2. The number of carbonyl (C=O) groups is 3. The second kappa shape index (κ2) is 6.94. The maximum absolute atomic E-state index is 12.4. The van der Waals surface area contributed by atoms with Gasteiger partial charge < -0.3 is 10.1 Å². The molecule has 26 heavy (non-hydrogen) atoms. The highest BCUT2D eigenvalue weighted by Gasteiger charge is 2.46. The number of nitrogens with one attached hydrogen (secondary N) is 1. The molecule has 1 fully saturated rings. The van der Waals surface area contributed by atoms with Crippen LogP contribution in [0.2, 0.25) is 0 Å². The van der Waals surface area contributed by atoms with Crippen molar-refractivity contribution in [3.05, 3.63) is 42.0 Å². The van der Waals surface area contributed by atoms with E-state index in [1.54, 1.807) is 0 Å². The molecule has 0 saturated carbocycles. The van der Waals surface area contributed by atoms with E-state index in [1.807, 2.05) is 36.4 Å². The molecule has 3 aliphatic rings. The van der Waals surface area contributed by atoms with Crippen LogP contribution in [-0.2, 0) is 14.4 Å². The Labute approximate surface area is 152 Å². The number of rotatable bonds is 4. The van der Waals surface area contributed by atoms with E-state index in [0.717, 1.165) is 11.3 Å². The predicted molar refractivity (Wildman–Crippen MR) is 94.1 cm³/mol. The third-order valence-corrected chi connectivity index (χ3v) is 5.46. The molecular formula is C20H22N2O4. The van der Waals surface area contributed by atoms with E-state index in [-0.39, 0.29) is 48.6 Å². The van der Waals surface area contributed by atoms with Crippen LogP contribution in [0.5, 0.6) is 5.75 Å². The molecule has 1 aromatic rings. The summed E-state index contributed by atoms with van der Waals surface area (Å²) in [7, 11) is 0. The van der Waals surface area contributed by atoms with Crippen LogP contribution in [0, 0.1) is 11.8 Å². The Kier molecular flexibility index (Phi) is 4.49. The van der Waals surface area contributed by atoms with E-state index >= 15 is 0 Å². The number of ether oxygens (including phenoxy) is 1. The molecule has 136 valence electrons. The summed E-state index contributed by atoms with van der Waals surface area (Å²) >= 11 is 0. The van der Waals surface area contributed by atoms with Gasteiger partial charge in [-0.25, -0.2) is 0 Å². The van der Waals surface area contributed by atoms with Gasteiger partial charge in [-0.3, -0.25) is 19.3 Å². The SMILES string of the molecule is O=C(CCN1C(=O)[C@H]2CC=CC[C@H]2C1=O)N[C@H]1CCOc2ccccc21. The lowest BCUT2D eigenvalue weighted by atomic mass is 9.85. The Morgan fingerprint density at radius 2 is 1.81 bits per heavy atom. The van der Waals surface area contributed by atoms with Gasteiger partial charge in [-0.15, -0.1) is 0 Å². The van der Waals surface area contributed by atoms with Crippen molar-refractivity contribution in [2.75, 3.05) is 13.2 Å². The summed E-state index contributed by atoms with van der Waals surface area (Å²) in [6.45, 7) is 0.711. The molecule has 0 spiro atoms. The number of benzene rings is 1. The Hall–Kier alpha value is -2.63. The first kappa shape index (κ1) is 16.8. The molecule has 1 saturated heterocycles. The molecule has 0 radical (unpaired) electrons. The Morgan fingerprint density at radius 3 is 2.54 bits per heavy atom. The van der Waals surface area contributed by atoms with Gasteiger partial charge in [-0.2, -0.15) is 0 Å². The number of imide groups is 1. The van der Waals surface area contributed by atoms with Crippen LogP contribution < -0.4 is 10.1 Å². The maximum atomic E-state index is 12.4. The average Bonchev–Trinajstić information content (AvgIpc) is 2.91. The van der Waals surface area contributed by atoms with Gasteiger partial charge >= 0.3 is 0 Å². The summed E-state index contributed by atoms with van der Waals surface area (Å²) in [5.41, 5.74) is 0.970. The summed E-state index contributed by atoms with van der Waals surface area (Å²) in [4.78, 5) is 38.5. The molecule has 4 rings (SSSR count). The van der Waals surface area contributed by atoms with Crippen molar-refractivity contribution in [3.8, 4) is 5.75 Å². The lowest BCUT2D eigenvalue weighted by Gasteiger charge is -2.26. The van der Waals surface area contributed by atoms with Crippen molar-refractivity contribution in [1.82, 2.24) is 10.2 Å². The minimum atomic E-state index is -0.238. The van der Waals surface area contributed by atoms with Crippen LogP contribution in [0.1, 0.15) is 37.3 Å². The first-order valence-electron chi connectivity index (χ1n) is 9.16. The summed E-state index contributed by atoms with van der Waals surface area (Å²) in [5.74, 6) is -0.0937. The molecule has 0 aromatic heterocycles. The molecule has 2 aliphatic heterocycles.